The SMILES string of the molecule is C=CCC(NC(=O)OCC1c2ccccc2-c2ccccc21)C(=O)N(CC)C(C)C(=O)O. The molecule has 0 saturated heterocycles. The third kappa shape index (κ3) is 4.66. The minimum atomic E-state index is -1.11. The summed E-state index contributed by atoms with van der Waals surface area (Å²) >= 11 is 0. The number of hydrogen-bond acceptors (Lipinski definition) is 4. The first-order chi connectivity index (χ1) is 15.4. The van der Waals surface area contributed by atoms with Crippen molar-refractivity contribution in [3.8, 4) is 11.1 Å². The van der Waals surface area contributed by atoms with Gasteiger partial charge in [0.25, 0.3) is 0 Å². The second kappa shape index (κ2) is 10.1. The summed E-state index contributed by atoms with van der Waals surface area (Å²) in [6, 6.07) is 14.1. The molecule has 0 fully saturated rings. The van der Waals surface area contributed by atoms with Gasteiger partial charge in [0.05, 0.1) is 0 Å². The Bertz CT molecular complexity index is 973. The molecular formula is C25H28N2O5. The van der Waals surface area contributed by atoms with E-state index in [-0.39, 0.29) is 25.5 Å². The molecule has 0 aliphatic heterocycles. The molecule has 0 radical (unpaired) electrons. The number of alkyl carbamates (subject to hydrolysis) is 1. The zero-order valence-electron chi connectivity index (χ0n) is 18.3. The van der Waals surface area contributed by atoms with E-state index in [1.807, 2.05) is 36.4 Å². The summed E-state index contributed by atoms with van der Waals surface area (Å²) in [7, 11) is 0. The predicted molar refractivity (Wildman–Crippen MR) is 121 cm³/mol. The van der Waals surface area contributed by atoms with Crippen LogP contribution in [0.4, 0.5) is 4.79 Å². The molecule has 1 aliphatic rings. The Morgan fingerprint density at radius 3 is 2.19 bits per heavy atom. The second-order valence-corrected chi connectivity index (χ2v) is 7.69. The van der Waals surface area contributed by atoms with Crippen LogP contribution in [0.5, 0.6) is 0 Å². The van der Waals surface area contributed by atoms with Crippen LogP contribution in [0.2, 0.25) is 0 Å². The molecule has 2 amide bonds. The molecule has 0 bridgehead atoms. The molecule has 0 saturated carbocycles. The molecule has 7 nitrogen and oxygen atoms in total. The molecule has 168 valence electrons. The lowest BCUT2D eigenvalue weighted by Crippen LogP contribution is -2.53. The summed E-state index contributed by atoms with van der Waals surface area (Å²) < 4.78 is 5.52. The molecule has 2 aromatic carbocycles. The first kappa shape index (κ1) is 23.1. The highest BCUT2D eigenvalue weighted by Gasteiger charge is 2.32. The molecule has 2 atom stereocenters. The monoisotopic (exact) mass is 436 g/mol. The normalized spacial score (nSPS) is 13.9. The third-order valence-electron chi connectivity index (χ3n) is 5.78. The molecule has 1 aliphatic carbocycles. The van der Waals surface area contributed by atoms with Gasteiger partial charge in [0.1, 0.15) is 18.7 Å². The fourth-order valence-corrected chi connectivity index (χ4v) is 4.12. The van der Waals surface area contributed by atoms with E-state index < -0.39 is 30.1 Å². The molecule has 2 aromatic rings. The Morgan fingerprint density at radius 2 is 1.69 bits per heavy atom. The van der Waals surface area contributed by atoms with Crippen LogP contribution in [-0.4, -0.2) is 53.2 Å². The number of aliphatic carboxylic acids is 1. The predicted octanol–water partition coefficient (Wildman–Crippen LogP) is 3.79. The van der Waals surface area contributed by atoms with Crippen LogP contribution in [0.25, 0.3) is 11.1 Å². The van der Waals surface area contributed by atoms with Crippen LogP contribution in [0.1, 0.15) is 37.3 Å². The Kier molecular flexibility index (Phi) is 7.30. The largest absolute Gasteiger partial charge is 0.480 e. The lowest BCUT2D eigenvalue weighted by molar-refractivity contribution is -0.150. The quantitative estimate of drug-likeness (QED) is 0.583. The lowest BCUT2D eigenvalue weighted by atomic mass is 9.98. The summed E-state index contributed by atoms with van der Waals surface area (Å²) in [5.41, 5.74) is 4.43. The van der Waals surface area contributed by atoms with Gasteiger partial charge in [0, 0.05) is 12.5 Å². The van der Waals surface area contributed by atoms with Crippen molar-refractivity contribution in [2.75, 3.05) is 13.2 Å². The van der Waals surface area contributed by atoms with Gasteiger partial charge in [0.15, 0.2) is 0 Å². The van der Waals surface area contributed by atoms with Gasteiger partial charge < -0.3 is 20.1 Å². The van der Waals surface area contributed by atoms with Gasteiger partial charge in [0.2, 0.25) is 5.91 Å². The third-order valence-corrected chi connectivity index (χ3v) is 5.78. The van der Waals surface area contributed by atoms with E-state index in [4.69, 9.17) is 4.74 Å². The van der Waals surface area contributed by atoms with Crippen molar-refractivity contribution in [2.45, 2.75) is 38.3 Å². The number of nitrogens with zero attached hydrogens (tertiary/aromatic N) is 1. The minimum absolute atomic E-state index is 0.0964. The highest BCUT2D eigenvalue weighted by molar-refractivity contribution is 5.89. The van der Waals surface area contributed by atoms with E-state index >= 15 is 0 Å². The second-order valence-electron chi connectivity index (χ2n) is 7.69. The standard InChI is InChI=1S/C25H28N2O5/c1-4-10-22(23(28)27(5-2)16(3)24(29)30)26-25(31)32-15-21-19-13-8-6-11-17(19)18-12-7-9-14-20(18)21/h4,6-9,11-14,16,21-22H,1,5,10,15H2,2-3H3,(H,26,31)(H,29,30). The molecular weight excluding hydrogens is 408 g/mol. The van der Waals surface area contributed by atoms with E-state index in [0.717, 1.165) is 22.3 Å². The maximum absolute atomic E-state index is 12.9. The number of nitrogens with one attached hydrogen (secondary N) is 1. The van der Waals surface area contributed by atoms with Gasteiger partial charge in [-0.2, -0.15) is 0 Å². The lowest BCUT2D eigenvalue weighted by Gasteiger charge is -2.29. The molecule has 7 heteroatoms. The number of carboxylic acid groups (broad SMARTS) is 1. The highest BCUT2D eigenvalue weighted by Crippen LogP contribution is 2.44. The minimum Gasteiger partial charge on any atom is -0.480 e. The van der Waals surface area contributed by atoms with Crippen molar-refractivity contribution in [1.82, 2.24) is 10.2 Å². The zero-order valence-corrected chi connectivity index (χ0v) is 18.3. The molecule has 0 heterocycles. The molecule has 0 aromatic heterocycles. The fraction of sp³-hybridized carbons (Fsp3) is 0.320. The topological polar surface area (TPSA) is 95.9 Å². The van der Waals surface area contributed by atoms with Crippen molar-refractivity contribution in [1.29, 1.82) is 0 Å². The van der Waals surface area contributed by atoms with E-state index in [2.05, 4.69) is 24.0 Å². The van der Waals surface area contributed by atoms with Gasteiger partial charge in [-0.1, -0.05) is 54.6 Å². The van der Waals surface area contributed by atoms with Gasteiger partial charge in [-0.15, -0.1) is 6.58 Å². The number of carbonyl (C=O) groups is 3. The number of carbonyl (C=O) groups excluding carboxylic acids is 2. The highest BCUT2D eigenvalue weighted by atomic mass is 16.5. The number of amides is 2. The number of fused-ring (bicyclic) bond motifs is 3. The van der Waals surface area contributed by atoms with E-state index in [9.17, 15) is 19.5 Å². The van der Waals surface area contributed by atoms with Crippen LogP contribution in [0.15, 0.2) is 61.2 Å². The van der Waals surface area contributed by atoms with Crippen LogP contribution in [0, 0.1) is 0 Å². The van der Waals surface area contributed by atoms with Crippen LogP contribution in [0.3, 0.4) is 0 Å². The Labute approximate surface area is 187 Å². The Morgan fingerprint density at radius 1 is 1.12 bits per heavy atom. The summed E-state index contributed by atoms with van der Waals surface area (Å²) in [5.74, 6) is -1.70. The average Bonchev–Trinajstić information content (AvgIpc) is 3.11. The van der Waals surface area contributed by atoms with Gasteiger partial charge >= 0.3 is 12.1 Å². The number of benzene rings is 2. The van der Waals surface area contributed by atoms with Gasteiger partial charge in [-0.3, -0.25) is 4.79 Å². The smallest absolute Gasteiger partial charge is 0.407 e. The summed E-state index contributed by atoms with van der Waals surface area (Å²) in [6.45, 7) is 7.08. The van der Waals surface area contributed by atoms with Crippen LogP contribution < -0.4 is 5.32 Å². The van der Waals surface area contributed by atoms with E-state index in [1.165, 1.54) is 17.9 Å². The molecule has 32 heavy (non-hydrogen) atoms. The zero-order chi connectivity index (χ0) is 23.3. The molecule has 3 rings (SSSR count). The van der Waals surface area contributed by atoms with Crippen molar-refractivity contribution >= 4 is 18.0 Å². The Hall–Kier alpha value is -3.61. The molecule has 2 N–H and O–H groups in total. The van der Waals surface area contributed by atoms with Crippen molar-refractivity contribution < 1.29 is 24.2 Å². The number of likely N-dealkylation sites (N-methyl/N-ethyl adjacent to an activating group) is 1. The fourth-order valence-electron chi connectivity index (χ4n) is 4.12. The summed E-state index contributed by atoms with van der Waals surface area (Å²) in [4.78, 5) is 38.0. The summed E-state index contributed by atoms with van der Waals surface area (Å²) in [6.07, 6.45) is 0.934. The first-order valence-corrected chi connectivity index (χ1v) is 10.6. The molecule has 2 unspecified atom stereocenters. The van der Waals surface area contributed by atoms with E-state index in [1.54, 1.807) is 6.92 Å². The van der Waals surface area contributed by atoms with Crippen molar-refractivity contribution in [2.24, 2.45) is 0 Å². The van der Waals surface area contributed by atoms with E-state index in [0.29, 0.717) is 0 Å². The number of carboxylic acids is 1. The van der Waals surface area contributed by atoms with Crippen molar-refractivity contribution in [3.63, 3.8) is 0 Å². The van der Waals surface area contributed by atoms with Gasteiger partial charge in [-0.05, 0) is 42.5 Å². The average molecular weight is 437 g/mol. The number of rotatable bonds is 9. The van der Waals surface area contributed by atoms with Crippen LogP contribution in [-0.2, 0) is 14.3 Å². The van der Waals surface area contributed by atoms with Crippen molar-refractivity contribution in [3.05, 3.63) is 72.3 Å². The Balaban J connectivity index is 1.69. The van der Waals surface area contributed by atoms with Crippen LogP contribution >= 0.6 is 0 Å². The number of hydrogen-bond donors (Lipinski definition) is 2. The maximum atomic E-state index is 12.9. The summed E-state index contributed by atoms with van der Waals surface area (Å²) in [5, 5.41) is 11.8. The first-order valence-electron chi connectivity index (χ1n) is 10.6. The molecule has 0 spiro atoms. The number of ether oxygens (including phenoxy) is 1. The van der Waals surface area contributed by atoms with Gasteiger partial charge in [-0.25, -0.2) is 9.59 Å². The maximum Gasteiger partial charge on any atom is 0.407 e.